The van der Waals surface area contributed by atoms with E-state index in [1.54, 1.807) is 11.3 Å². The molecule has 1 aromatic carbocycles. The molecule has 0 amide bonds. The number of hydrogen-bond acceptors (Lipinski definition) is 6. The lowest BCUT2D eigenvalue weighted by atomic mass is 9.75. The number of thiazole rings is 1. The number of fused-ring (bicyclic) bond motifs is 1. The third kappa shape index (κ3) is 6.57. The lowest BCUT2D eigenvalue weighted by molar-refractivity contribution is 0.0849. The first-order valence-corrected chi connectivity index (χ1v) is 13.4. The van der Waals surface area contributed by atoms with Crippen molar-refractivity contribution in [1.29, 1.82) is 0 Å². The molecule has 4 N–H and O–H groups in total. The standard InChI is InChI=1S/C26H38N6OS/c1-18-24(19(2)30-31-26(27)28)34-25(29-18)21-9-11-23(12-10-21)33-16-6-5-14-32-15-13-20-7-3-4-8-22(20)17-32/h9-12,20,22H,3-8,13-17H2,1-2H3,(H4,27,28,31)/b30-19+. The van der Waals surface area contributed by atoms with Gasteiger partial charge in [-0.15, -0.1) is 16.4 Å². The number of likely N-dealkylation sites (tertiary alicyclic amines) is 1. The van der Waals surface area contributed by atoms with Crippen LogP contribution in [0.4, 0.5) is 0 Å². The van der Waals surface area contributed by atoms with Gasteiger partial charge < -0.3 is 21.1 Å². The Kier molecular flexibility index (Phi) is 8.56. The van der Waals surface area contributed by atoms with Crippen molar-refractivity contribution in [1.82, 2.24) is 9.88 Å². The van der Waals surface area contributed by atoms with Gasteiger partial charge in [0.25, 0.3) is 0 Å². The first kappa shape index (κ1) is 24.7. The minimum atomic E-state index is -0.0542. The molecule has 1 saturated heterocycles. The zero-order valence-electron chi connectivity index (χ0n) is 20.5. The second-order valence-corrected chi connectivity index (χ2v) is 10.6. The smallest absolute Gasteiger partial charge is 0.211 e. The Balaban J connectivity index is 1.21. The number of aryl methyl sites for hydroxylation is 1. The Morgan fingerprint density at radius 2 is 1.85 bits per heavy atom. The molecule has 2 aliphatic rings. The van der Waals surface area contributed by atoms with E-state index in [4.69, 9.17) is 21.2 Å². The Labute approximate surface area is 207 Å². The minimum Gasteiger partial charge on any atom is -0.494 e. The molecule has 0 spiro atoms. The molecule has 1 saturated carbocycles. The second kappa shape index (κ2) is 11.8. The van der Waals surface area contributed by atoms with E-state index in [2.05, 4.69) is 27.2 Å². The highest BCUT2D eigenvalue weighted by atomic mass is 32.1. The molecule has 0 radical (unpaired) electrons. The predicted molar refractivity (Wildman–Crippen MR) is 142 cm³/mol. The quantitative estimate of drug-likeness (QED) is 0.232. The third-order valence-electron chi connectivity index (χ3n) is 7.05. The Hall–Kier alpha value is -2.45. The first-order chi connectivity index (χ1) is 16.5. The van der Waals surface area contributed by atoms with Crippen molar-refractivity contribution in [2.45, 2.75) is 58.8 Å². The maximum Gasteiger partial charge on any atom is 0.211 e. The average molecular weight is 483 g/mol. The molecular formula is C26H38N6OS. The van der Waals surface area contributed by atoms with Gasteiger partial charge in [0.1, 0.15) is 10.8 Å². The predicted octanol–water partition coefficient (Wildman–Crippen LogP) is 4.79. The van der Waals surface area contributed by atoms with E-state index in [9.17, 15) is 0 Å². The fraction of sp³-hybridized carbons (Fsp3) is 0.577. The minimum absolute atomic E-state index is 0.0542. The van der Waals surface area contributed by atoms with Crippen LogP contribution >= 0.6 is 11.3 Å². The van der Waals surface area contributed by atoms with E-state index in [0.29, 0.717) is 0 Å². The summed E-state index contributed by atoms with van der Waals surface area (Å²) in [6.07, 6.45) is 9.54. The zero-order valence-corrected chi connectivity index (χ0v) is 21.3. The molecule has 4 rings (SSSR count). The van der Waals surface area contributed by atoms with Gasteiger partial charge in [0, 0.05) is 12.1 Å². The summed E-state index contributed by atoms with van der Waals surface area (Å²) in [5.41, 5.74) is 13.5. The highest BCUT2D eigenvalue weighted by Gasteiger charge is 2.30. The van der Waals surface area contributed by atoms with Crippen molar-refractivity contribution in [3.05, 3.63) is 34.8 Å². The first-order valence-electron chi connectivity index (χ1n) is 12.6. The van der Waals surface area contributed by atoms with Crippen LogP contribution in [0.2, 0.25) is 0 Å². The van der Waals surface area contributed by atoms with Crippen molar-refractivity contribution in [3.63, 3.8) is 0 Å². The van der Waals surface area contributed by atoms with Crippen LogP contribution in [0, 0.1) is 18.8 Å². The van der Waals surface area contributed by atoms with Crippen LogP contribution in [0.15, 0.2) is 34.5 Å². The zero-order chi connectivity index (χ0) is 23.9. The lowest BCUT2D eigenvalue weighted by Gasteiger charge is -2.41. The van der Waals surface area contributed by atoms with E-state index >= 15 is 0 Å². The van der Waals surface area contributed by atoms with Gasteiger partial charge in [0.2, 0.25) is 5.96 Å². The molecule has 2 fully saturated rings. The molecule has 34 heavy (non-hydrogen) atoms. The number of rotatable bonds is 9. The number of hydrogen-bond donors (Lipinski definition) is 2. The highest BCUT2D eigenvalue weighted by molar-refractivity contribution is 7.17. The molecule has 2 heterocycles. The van der Waals surface area contributed by atoms with Gasteiger partial charge in [0.05, 0.1) is 22.9 Å². The SMILES string of the molecule is C/C(=N\N=C(N)N)c1sc(-c2ccc(OCCCCN3CCC4CCCCC4C3)cc2)nc1C. The summed E-state index contributed by atoms with van der Waals surface area (Å²) in [6, 6.07) is 8.18. The molecule has 184 valence electrons. The molecule has 1 aliphatic heterocycles. The van der Waals surface area contributed by atoms with E-state index in [0.717, 1.165) is 57.5 Å². The summed E-state index contributed by atoms with van der Waals surface area (Å²) in [4.78, 5) is 8.37. The monoisotopic (exact) mass is 482 g/mol. The molecule has 1 aromatic heterocycles. The molecule has 2 atom stereocenters. The summed E-state index contributed by atoms with van der Waals surface area (Å²) < 4.78 is 6.00. The van der Waals surface area contributed by atoms with Crippen LogP contribution in [0.5, 0.6) is 5.75 Å². The summed E-state index contributed by atoms with van der Waals surface area (Å²) in [6.45, 7) is 8.44. The summed E-state index contributed by atoms with van der Waals surface area (Å²) in [7, 11) is 0. The number of nitrogens with two attached hydrogens (primary N) is 2. The summed E-state index contributed by atoms with van der Waals surface area (Å²) in [5, 5.41) is 8.76. The van der Waals surface area contributed by atoms with Gasteiger partial charge in [-0.05, 0) is 88.7 Å². The summed E-state index contributed by atoms with van der Waals surface area (Å²) in [5.74, 6) is 2.83. The number of unbranched alkanes of at least 4 members (excludes halogenated alkanes) is 1. The fourth-order valence-corrected chi connectivity index (χ4v) is 6.25. The van der Waals surface area contributed by atoms with Crippen LogP contribution in [0.1, 0.15) is 62.4 Å². The van der Waals surface area contributed by atoms with E-state index in [1.807, 2.05) is 26.0 Å². The van der Waals surface area contributed by atoms with Gasteiger partial charge in [0.15, 0.2) is 0 Å². The van der Waals surface area contributed by atoms with Crippen molar-refractivity contribution in [3.8, 4) is 16.3 Å². The van der Waals surface area contributed by atoms with Crippen LogP contribution in [-0.4, -0.2) is 47.8 Å². The summed E-state index contributed by atoms with van der Waals surface area (Å²) >= 11 is 1.58. The average Bonchev–Trinajstić information content (AvgIpc) is 3.24. The van der Waals surface area contributed by atoms with Gasteiger partial charge in [-0.3, -0.25) is 0 Å². The molecular weight excluding hydrogens is 444 g/mol. The van der Waals surface area contributed by atoms with Crippen LogP contribution < -0.4 is 16.2 Å². The maximum atomic E-state index is 6.00. The van der Waals surface area contributed by atoms with Gasteiger partial charge >= 0.3 is 0 Å². The van der Waals surface area contributed by atoms with Gasteiger partial charge in [-0.25, -0.2) is 4.98 Å². The number of benzene rings is 1. The van der Waals surface area contributed by atoms with E-state index < -0.39 is 0 Å². The molecule has 2 aromatic rings. The number of ether oxygens (including phenoxy) is 1. The van der Waals surface area contributed by atoms with Crippen molar-refractivity contribution < 1.29 is 4.74 Å². The number of piperidine rings is 1. The van der Waals surface area contributed by atoms with Crippen LogP contribution in [0.3, 0.4) is 0 Å². The number of aromatic nitrogens is 1. The lowest BCUT2D eigenvalue weighted by Crippen LogP contribution is -2.42. The van der Waals surface area contributed by atoms with Crippen molar-refractivity contribution in [2.75, 3.05) is 26.2 Å². The van der Waals surface area contributed by atoms with Crippen molar-refractivity contribution >= 4 is 23.0 Å². The van der Waals surface area contributed by atoms with Gasteiger partial charge in [-0.2, -0.15) is 5.10 Å². The molecule has 8 heteroatoms. The Morgan fingerprint density at radius 3 is 2.62 bits per heavy atom. The maximum absolute atomic E-state index is 6.00. The number of nitrogens with zero attached hydrogens (tertiary/aromatic N) is 4. The van der Waals surface area contributed by atoms with Crippen LogP contribution in [-0.2, 0) is 0 Å². The van der Waals surface area contributed by atoms with Crippen LogP contribution in [0.25, 0.3) is 10.6 Å². The van der Waals surface area contributed by atoms with Crippen molar-refractivity contribution in [2.24, 2.45) is 33.5 Å². The fourth-order valence-electron chi connectivity index (χ4n) is 5.23. The Morgan fingerprint density at radius 1 is 1.09 bits per heavy atom. The normalized spacial score (nSPS) is 21.2. The molecule has 1 aliphatic carbocycles. The molecule has 0 bridgehead atoms. The second-order valence-electron chi connectivity index (χ2n) is 9.62. The van der Waals surface area contributed by atoms with E-state index in [-0.39, 0.29) is 5.96 Å². The largest absolute Gasteiger partial charge is 0.494 e. The highest BCUT2D eigenvalue weighted by Crippen LogP contribution is 2.36. The topological polar surface area (TPSA) is 102 Å². The Bertz CT molecular complexity index is 995. The molecule has 2 unspecified atom stereocenters. The van der Waals surface area contributed by atoms with Gasteiger partial charge in [-0.1, -0.05) is 19.3 Å². The third-order valence-corrected chi connectivity index (χ3v) is 8.37. The molecule has 7 nitrogen and oxygen atoms in total. The van der Waals surface area contributed by atoms with E-state index in [1.165, 1.54) is 58.2 Å². The number of guanidine groups is 1.